The minimum atomic E-state index is -0.177. The van der Waals surface area contributed by atoms with Crippen LogP contribution in [0.15, 0.2) is 16.8 Å². The molecule has 0 aliphatic heterocycles. The molecule has 0 amide bonds. The molecule has 2 atom stereocenters. The minimum absolute atomic E-state index is 0.177. The third-order valence-corrected chi connectivity index (χ3v) is 3.02. The Kier molecular flexibility index (Phi) is 3.76. The largest absolute Gasteiger partial charge is 0.393 e. The number of thiophene rings is 1. The molecule has 1 aromatic heterocycles. The molecule has 0 aliphatic rings. The summed E-state index contributed by atoms with van der Waals surface area (Å²) >= 11 is 1.74. The van der Waals surface area contributed by atoms with E-state index in [1.54, 1.807) is 11.3 Å². The van der Waals surface area contributed by atoms with Gasteiger partial charge in [-0.05, 0) is 48.1 Å². The topological polar surface area (TPSA) is 20.2 Å². The lowest BCUT2D eigenvalue weighted by Crippen LogP contribution is -2.13. The van der Waals surface area contributed by atoms with Crippen molar-refractivity contribution in [3.05, 3.63) is 22.4 Å². The van der Waals surface area contributed by atoms with Crippen LogP contribution in [0.4, 0.5) is 0 Å². The first-order valence-corrected chi connectivity index (χ1v) is 5.33. The molecule has 0 radical (unpaired) electrons. The van der Waals surface area contributed by atoms with Crippen LogP contribution in [-0.2, 0) is 6.42 Å². The lowest BCUT2D eigenvalue weighted by Gasteiger charge is -2.13. The SMILES string of the molecule is CC(O)C(C)CCc1ccsc1. The van der Waals surface area contributed by atoms with E-state index in [-0.39, 0.29) is 6.10 Å². The van der Waals surface area contributed by atoms with Gasteiger partial charge >= 0.3 is 0 Å². The summed E-state index contributed by atoms with van der Waals surface area (Å²) in [4.78, 5) is 0. The number of rotatable bonds is 4. The van der Waals surface area contributed by atoms with Gasteiger partial charge in [-0.25, -0.2) is 0 Å². The molecular weight excluding hydrogens is 168 g/mol. The van der Waals surface area contributed by atoms with E-state index in [1.165, 1.54) is 5.56 Å². The summed E-state index contributed by atoms with van der Waals surface area (Å²) in [6, 6.07) is 2.15. The highest BCUT2D eigenvalue weighted by atomic mass is 32.1. The predicted octanol–water partition coefficient (Wildman–Crippen LogP) is 2.70. The van der Waals surface area contributed by atoms with E-state index in [0.717, 1.165) is 12.8 Å². The van der Waals surface area contributed by atoms with Gasteiger partial charge in [-0.15, -0.1) is 0 Å². The van der Waals surface area contributed by atoms with Gasteiger partial charge in [-0.3, -0.25) is 0 Å². The summed E-state index contributed by atoms with van der Waals surface area (Å²) in [5, 5.41) is 13.5. The third kappa shape index (κ3) is 2.95. The number of hydrogen-bond acceptors (Lipinski definition) is 2. The van der Waals surface area contributed by atoms with E-state index in [2.05, 4.69) is 23.8 Å². The molecule has 0 saturated carbocycles. The van der Waals surface area contributed by atoms with Gasteiger partial charge in [-0.1, -0.05) is 6.92 Å². The maximum atomic E-state index is 9.25. The number of aryl methyl sites for hydroxylation is 1. The molecule has 2 unspecified atom stereocenters. The van der Waals surface area contributed by atoms with E-state index in [0.29, 0.717) is 5.92 Å². The molecule has 0 fully saturated rings. The summed E-state index contributed by atoms with van der Waals surface area (Å²) in [5.41, 5.74) is 1.40. The highest BCUT2D eigenvalue weighted by Gasteiger charge is 2.08. The molecule has 1 heterocycles. The van der Waals surface area contributed by atoms with Crippen molar-refractivity contribution < 1.29 is 5.11 Å². The Morgan fingerprint density at radius 3 is 2.75 bits per heavy atom. The summed E-state index contributed by atoms with van der Waals surface area (Å²) in [7, 11) is 0. The fourth-order valence-corrected chi connectivity index (χ4v) is 1.77. The van der Waals surface area contributed by atoms with Gasteiger partial charge in [0.05, 0.1) is 6.10 Å². The second kappa shape index (κ2) is 4.63. The predicted molar refractivity (Wildman–Crippen MR) is 53.5 cm³/mol. The van der Waals surface area contributed by atoms with E-state index in [9.17, 15) is 5.11 Å². The maximum Gasteiger partial charge on any atom is 0.0537 e. The van der Waals surface area contributed by atoms with Crippen LogP contribution in [0, 0.1) is 5.92 Å². The molecule has 1 N–H and O–H groups in total. The summed E-state index contributed by atoms with van der Waals surface area (Å²) in [5.74, 6) is 0.407. The standard InChI is InChI=1S/C10H16OS/c1-8(9(2)11)3-4-10-5-6-12-7-10/h5-9,11H,3-4H2,1-2H3. The van der Waals surface area contributed by atoms with Crippen molar-refractivity contribution in [1.29, 1.82) is 0 Å². The molecule has 68 valence electrons. The molecule has 1 rings (SSSR count). The van der Waals surface area contributed by atoms with Crippen LogP contribution >= 0.6 is 11.3 Å². The Hall–Kier alpha value is -0.340. The van der Waals surface area contributed by atoms with Crippen molar-refractivity contribution >= 4 is 11.3 Å². The molecule has 1 aromatic rings. The fourth-order valence-electron chi connectivity index (χ4n) is 1.07. The van der Waals surface area contributed by atoms with Gasteiger partial charge in [0.2, 0.25) is 0 Å². The van der Waals surface area contributed by atoms with Crippen LogP contribution in [0.1, 0.15) is 25.8 Å². The van der Waals surface area contributed by atoms with Crippen molar-refractivity contribution in [2.45, 2.75) is 32.8 Å². The van der Waals surface area contributed by atoms with Crippen LogP contribution in [0.25, 0.3) is 0 Å². The van der Waals surface area contributed by atoms with Crippen molar-refractivity contribution in [3.8, 4) is 0 Å². The minimum Gasteiger partial charge on any atom is -0.393 e. The maximum absolute atomic E-state index is 9.25. The van der Waals surface area contributed by atoms with E-state index < -0.39 is 0 Å². The second-order valence-corrected chi connectivity index (χ2v) is 4.17. The molecule has 0 spiro atoms. The van der Waals surface area contributed by atoms with E-state index in [1.807, 2.05) is 6.92 Å². The number of aliphatic hydroxyl groups excluding tert-OH is 1. The van der Waals surface area contributed by atoms with E-state index >= 15 is 0 Å². The molecule has 0 aromatic carbocycles. The van der Waals surface area contributed by atoms with Crippen molar-refractivity contribution in [2.75, 3.05) is 0 Å². The van der Waals surface area contributed by atoms with Crippen molar-refractivity contribution in [2.24, 2.45) is 5.92 Å². The van der Waals surface area contributed by atoms with Crippen molar-refractivity contribution in [1.82, 2.24) is 0 Å². The quantitative estimate of drug-likeness (QED) is 0.762. The van der Waals surface area contributed by atoms with Crippen LogP contribution in [0.3, 0.4) is 0 Å². The van der Waals surface area contributed by atoms with Gasteiger partial charge in [0.1, 0.15) is 0 Å². The van der Waals surface area contributed by atoms with Gasteiger partial charge in [0, 0.05) is 0 Å². The average molecular weight is 184 g/mol. The van der Waals surface area contributed by atoms with Crippen LogP contribution in [0.5, 0.6) is 0 Å². The Morgan fingerprint density at radius 1 is 1.50 bits per heavy atom. The number of aliphatic hydroxyl groups is 1. The summed E-state index contributed by atoms with van der Waals surface area (Å²) in [6.45, 7) is 3.95. The zero-order valence-electron chi connectivity index (χ0n) is 7.66. The third-order valence-electron chi connectivity index (χ3n) is 2.29. The molecule has 2 heteroatoms. The van der Waals surface area contributed by atoms with Gasteiger partial charge in [0.15, 0.2) is 0 Å². The molecule has 12 heavy (non-hydrogen) atoms. The highest BCUT2D eigenvalue weighted by Crippen LogP contribution is 2.14. The molecule has 0 aliphatic carbocycles. The molecule has 0 saturated heterocycles. The Morgan fingerprint density at radius 2 is 2.25 bits per heavy atom. The summed E-state index contributed by atoms with van der Waals surface area (Å²) in [6.07, 6.45) is 1.99. The fraction of sp³-hybridized carbons (Fsp3) is 0.600. The first-order valence-electron chi connectivity index (χ1n) is 4.39. The zero-order valence-corrected chi connectivity index (χ0v) is 8.47. The first kappa shape index (κ1) is 9.75. The van der Waals surface area contributed by atoms with Crippen LogP contribution in [0.2, 0.25) is 0 Å². The monoisotopic (exact) mass is 184 g/mol. The van der Waals surface area contributed by atoms with Gasteiger partial charge in [0.25, 0.3) is 0 Å². The Labute approximate surface area is 78.1 Å². The van der Waals surface area contributed by atoms with Crippen molar-refractivity contribution in [3.63, 3.8) is 0 Å². The molecule has 0 bridgehead atoms. The molecule has 1 nitrogen and oxygen atoms in total. The highest BCUT2D eigenvalue weighted by molar-refractivity contribution is 7.07. The molecular formula is C10H16OS. The van der Waals surface area contributed by atoms with Gasteiger partial charge < -0.3 is 5.11 Å². The smallest absolute Gasteiger partial charge is 0.0537 e. The lowest BCUT2D eigenvalue weighted by atomic mass is 9.98. The zero-order chi connectivity index (χ0) is 8.97. The normalized spacial score (nSPS) is 15.9. The summed E-state index contributed by atoms with van der Waals surface area (Å²) < 4.78 is 0. The first-order chi connectivity index (χ1) is 5.70. The van der Waals surface area contributed by atoms with Gasteiger partial charge in [-0.2, -0.15) is 11.3 Å². The van der Waals surface area contributed by atoms with E-state index in [4.69, 9.17) is 0 Å². The van der Waals surface area contributed by atoms with Crippen LogP contribution in [-0.4, -0.2) is 11.2 Å². The van der Waals surface area contributed by atoms with Crippen LogP contribution < -0.4 is 0 Å². The Balaban J connectivity index is 2.27. The second-order valence-electron chi connectivity index (χ2n) is 3.39. The number of hydrogen-bond donors (Lipinski definition) is 1. The Bertz CT molecular complexity index is 204. The lowest BCUT2D eigenvalue weighted by molar-refractivity contribution is 0.130. The average Bonchev–Trinajstić information content (AvgIpc) is 2.51.